The average molecular weight is 852 g/mol. The van der Waals surface area contributed by atoms with Crippen molar-refractivity contribution in [2.75, 3.05) is 21.2 Å². The van der Waals surface area contributed by atoms with Crippen LogP contribution < -0.4 is 0 Å². The Morgan fingerprint density at radius 3 is 1.90 bits per heavy atom. The number of methoxy groups -OCH3 is 1. The van der Waals surface area contributed by atoms with Crippen LogP contribution in [0, 0.1) is 23.7 Å². The van der Waals surface area contributed by atoms with E-state index in [0.29, 0.717) is 6.42 Å². The lowest BCUT2D eigenvalue weighted by atomic mass is 9.74. The molecule has 0 unspecified atom stereocenters. The minimum absolute atomic E-state index is 0.0936. The number of aliphatic hydroxyl groups excluding tert-OH is 3. The first-order valence-electron chi connectivity index (χ1n) is 20.6. The van der Waals surface area contributed by atoms with Crippen molar-refractivity contribution < 1.29 is 83.3 Å². The molecule has 3 aliphatic rings. The fraction of sp³-hybridized carbons (Fsp3) is 0.902. The van der Waals surface area contributed by atoms with Gasteiger partial charge in [-0.2, -0.15) is 0 Å². The first-order chi connectivity index (χ1) is 27.1. The van der Waals surface area contributed by atoms with E-state index in [4.69, 9.17) is 38.6 Å². The molecule has 0 saturated carbocycles. The molecule has 3 heterocycles. The summed E-state index contributed by atoms with van der Waals surface area (Å²) in [5.41, 5.74) is -4.84. The van der Waals surface area contributed by atoms with Crippen LogP contribution in [0.1, 0.15) is 108 Å². The van der Waals surface area contributed by atoms with Crippen molar-refractivity contribution in [2.45, 2.75) is 192 Å². The van der Waals surface area contributed by atoms with Crippen molar-refractivity contribution in [1.29, 1.82) is 0 Å². The Hall–Kier alpha value is -2.36. The van der Waals surface area contributed by atoms with Crippen molar-refractivity contribution >= 4 is 23.7 Å². The van der Waals surface area contributed by atoms with Crippen molar-refractivity contribution in [3.05, 3.63) is 0 Å². The van der Waals surface area contributed by atoms with E-state index in [9.17, 15) is 44.7 Å². The van der Waals surface area contributed by atoms with Gasteiger partial charge in [-0.3, -0.25) is 19.2 Å². The second-order valence-electron chi connectivity index (χ2n) is 17.8. The fourth-order valence-corrected chi connectivity index (χ4v) is 8.62. The Labute approximate surface area is 348 Å². The number of hydrogen-bond donors (Lipinski definition) is 7. The van der Waals surface area contributed by atoms with Gasteiger partial charge in [0.05, 0.1) is 60.5 Å². The largest absolute Gasteiger partial charge is 0.481 e. The first kappa shape index (κ1) is 52.8. The lowest BCUT2D eigenvalue weighted by Gasteiger charge is -2.49. The molecule has 7 N–H and O–H groups in total. The van der Waals surface area contributed by atoms with E-state index in [2.05, 4.69) is 0 Å². The normalized spacial score (nSPS) is 44.2. The summed E-state index contributed by atoms with van der Waals surface area (Å²) in [5, 5.41) is 73.4. The topological polar surface area (TPSA) is 269 Å². The van der Waals surface area contributed by atoms with Crippen LogP contribution in [0.15, 0.2) is 0 Å². The zero-order valence-electron chi connectivity index (χ0n) is 37.1. The highest BCUT2D eigenvalue weighted by molar-refractivity contribution is 5.83. The number of aliphatic carboxylic acids is 2. The van der Waals surface area contributed by atoms with Gasteiger partial charge in [0.2, 0.25) is 0 Å². The number of carbonyl (C=O) groups excluding carboxylic acids is 2. The van der Waals surface area contributed by atoms with Gasteiger partial charge >= 0.3 is 17.9 Å². The summed E-state index contributed by atoms with van der Waals surface area (Å²) in [4.78, 5) is 49.0. The third kappa shape index (κ3) is 13.3. The molecule has 0 aromatic rings. The van der Waals surface area contributed by atoms with Crippen molar-refractivity contribution in [3.63, 3.8) is 0 Å². The maximum Gasteiger partial charge on any atom is 0.311 e. The van der Waals surface area contributed by atoms with E-state index in [1.54, 1.807) is 41.5 Å². The van der Waals surface area contributed by atoms with Gasteiger partial charge in [0.25, 0.3) is 0 Å². The smallest absolute Gasteiger partial charge is 0.311 e. The van der Waals surface area contributed by atoms with Gasteiger partial charge in [-0.15, -0.1) is 0 Å². The molecule has 3 saturated heterocycles. The second kappa shape index (κ2) is 21.6. The van der Waals surface area contributed by atoms with Crippen LogP contribution in [0.5, 0.6) is 0 Å². The molecule has 0 aromatic carbocycles. The fourth-order valence-electron chi connectivity index (χ4n) is 8.62. The first-order valence-corrected chi connectivity index (χ1v) is 20.6. The number of carbonyl (C=O) groups is 4. The molecule has 0 bridgehead atoms. The summed E-state index contributed by atoms with van der Waals surface area (Å²) < 4.78 is 37.1. The van der Waals surface area contributed by atoms with Crippen LogP contribution in [0.2, 0.25) is 0 Å². The van der Waals surface area contributed by atoms with E-state index >= 15 is 0 Å². The number of Topliss-reactive ketones (excluding diaryl/α,β-unsaturated/α-hetero) is 1. The summed E-state index contributed by atoms with van der Waals surface area (Å²) in [6.45, 7) is 16.3. The Kier molecular flexibility index (Phi) is 19.3. The van der Waals surface area contributed by atoms with E-state index < -0.39 is 119 Å². The SMILES string of the molecule is CC[C@H]1OC(=O)[C@H](C)[C@@H](O[C@H]2C[C@@](C)(OC)[C@@H](O)[C@H](C)O2)[C@H](C)[C@@H](O[C@@H]2O[C@H](C)C[C@H](N(C)C)[C@H]2O)[C@](C)(O)C[C@@H](C)C(=O)[C@H](C)[C@@H](O)[C@]1(C)O.O=C(O)CCC(=O)O. The predicted molar refractivity (Wildman–Crippen MR) is 211 cm³/mol. The number of ether oxygens (including phenoxy) is 6. The Balaban J connectivity index is 0.00000135. The molecule has 3 fully saturated rings. The number of carboxylic acids is 2. The highest BCUT2D eigenvalue weighted by Crippen LogP contribution is 2.40. The van der Waals surface area contributed by atoms with Gasteiger partial charge in [-0.1, -0.05) is 27.7 Å². The lowest BCUT2D eigenvalue weighted by Crippen LogP contribution is -2.61. The van der Waals surface area contributed by atoms with Crippen LogP contribution in [-0.2, 0) is 47.6 Å². The van der Waals surface area contributed by atoms with Gasteiger partial charge in [0.1, 0.15) is 29.7 Å². The molecular weight excluding hydrogens is 778 g/mol. The van der Waals surface area contributed by atoms with Crippen LogP contribution in [0.4, 0.5) is 0 Å². The predicted octanol–water partition coefficient (Wildman–Crippen LogP) is 1.72. The van der Waals surface area contributed by atoms with E-state index in [1.165, 1.54) is 27.9 Å². The number of rotatable bonds is 10. The Bertz CT molecular complexity index is 1380. The third-order valence-electron chi connectivity index (χ3n) is 12.4. The number of ketones is 1. The molecule has 0 amide bonds. The summed E-state index contributed by atoms with van der Waals surface area (Å²) in [6.07, 6.45) is -10.3. The molecule has 0 radical (unpaired) electrons. The second-order valence-corrected chi connectivity index (χ2v) is 17.8. The lowest BCUT2D eigenvalue weighted by molar-refractivity contribution is -0.318. The average Bonchev–Trinajstić information content (AvgIpc) is 3.15. The molecule has 18 atom stereocenters. The number of esters is 1. The minimum atomic E-state index is -1.99. The van der Waals surface area contributed by atoms with Crippen molar-refractivity contribution in [2.24, 2.45) is 23.7 Å². The Morgan fingerprint density at radius 1 is 0.847 bits per heavy atom. The maximum absolute atomic E-state index is 14.1. The molecule has 344 valence electrons. The summed E-state index contributed by atoms with van der Waals surface area (Å²) in [5.74, 6) is -7.13. The number of carboxylic acid groups (broad SMARTS) is 2. The van der Waals surface area contributed by atoms with Crippen LogP contribution >= 0.6 is 0 Å². The molecule has 3 rings (SSSR count). The number of hydrogen-bond acceptors (Lipinski definition) is 16. The van der Waals surface area contributed by atoms with Gasteiger partial charge in [0, 0.05) is 37.3 Å². The van der Waals surface area contributed by atoms with E-state index in [1.807, 2.05) is 25.9 Å². The van der Waals surface area contributed by atoms with Crippen LogP contribution in [0.25, 0.3) is 0 Å². The van der Waals surface area contributed by atoms with Gasteiger partial charge in [-0.05, 0) is 74.9 Å². The quantitative estimate of drug-likeness (QED) is 0.154. The standard InChI is InChI=1S/C37H67NO13.C4H6O4/c1-14-25-37(10,45)30(41)20(4)27(39)18(2)16-35(8,44)32(51-34-28(40)24(38(11)12)15-19(3)47-34)21(5)29(22(6)33(43)49-25)50-26-17-36(9,46-13)31(42)23(7)48-26;5-3(6)1-2-4(7)8/h18-26,28-32,34,40-42,44-45H,14-17H2,1-13H3;1-2H2,(H,5,6)(H,7,8)/t18-,19-,20+,21+,22-,23+,24+,25-,26+,28-,29+,30-,31+,32-,34+,35-,36-,37-;/m1./s1. The van der Waals surface area contributed by atoms with Gasteiger partial charge in [0.15, 0.2) is 12.6 Å². The summed E-state index contributed by atoms with van der Waals surface area (Å²) >= 11 is 0. The molecule has 3 aliphatic heterocycles. The van der Waals surface area contributed by atoms with E-state index in [-0.39, 0.29) is 44.2 Å². The highest BCUT2D eigenvalue weighted by atomic mass is 16.7. The molecule has 0 aromatic heterocycles. The highest BCUT2D eigenvalue weighted by Gasteiger charge is 2.53. The molecule has 0 spiro atoms. The molecule has 59 heavy (non-hydrogen) atoms. The third-order valence-corrected chi connectivity index (χ3v) is 12.4. The van der Waals surface area contributed by atoms with Gasteiger partial charge < -0.3 is 69.1 Å². The zero-order chi connectivity index (χ0) is 45.5. The summed E-state index contributed by atoms with van der Waals surface area (Å²) in [7, 11) is 5.18. The number of likely N-dealkylation sites (N-methyl/N-ethyl adjacent to an activating group) is 1. The van der Waals surface area contributed by atoms with E-state index in [0.717, 1.165) is 0 Å². The van der Waals surface area contributed by atoms with Crippen molar-refractivity contribution in [1.82, 2.24) is 4.90 Å². The zero-order valence-corrected chi connectivity index (χ0v) is 37.1. The van der Waals surface area contributed by atoms with Gasteiger partial charge in [-0.25, -0.2) is 0 Å². The number of aliphatic hydroxyl groups is 5. The number of cyclic esters (lactones) is 1. The van der Waals surface area contributed by atoms with Crippen LogP contribution in [0.3, 0.4) is 0 Å². The van der Waals surface area contributed by atoms with Crippen molar-refractivity contribution in [3.8, 4) is 0 Å². The Morgan fingerprint density at radius 2 is 1.41 bits per heavy atom. The minimum Gasteiger partial charge on any atom is -0.481 e. The molecule has 18 heteroatoms. The number of nitrogens with zero attached hydrogens (tertiary/aromatic N) is 1. The molecular formula is C41H73NO17. The maximum atomic E-state index is 14.1. The van der Waals surface area contributed by atoms with Crippen LogP contribution in [-0.4, -0.2) is 170 Å². The summed E-state index contributed by atoms with van der Waals surface area (Å²) in [6, 6.07) is -0.324. The monoisotopic (exact) mass is 851 g/mol. The molecule has 18 nitrogen and oxygen atoms in total. The molecule has 0 aliphatic carbocycles.